The van der Waals surface area contributed by atoms with Gasteiger partial charge >= 0.3 is 0 Å². The van der Waals surface area contributed by atoms with Crippen LogP contribution in [0.5, 0.6) is 0 Å². The molecule has 80 valence electrons. The SMILES string of the molecule is CCC(CF)n1cc(C(C)(C)C)cn1. The Morgan fingerprint density at radius 2 is 2.14 bits per heavy atom. The summed E-state index contributed by atoms with van der Waals surface area (Å²) >= 11 is 0. The van der Waals surface area contributed by atoms with Gasteiger partial charge in [0.2, 0.25) is 0 Å². The lowest BCUT2D eigenvalue weighted by Gasteiger charge is -2.16. The first-order valence-corrected chi connectivity index (χ1v) is 5.09. The topological polar surface area (TPSA) is 17.8 Å². The second kappa shape index (κ2) is 4.11. The minimum absolute atomic E-state index is 0.0901. The molecule has 0 aromatic carbocycles. The van der Waals surface area contributed by atoms with Gasteiger partial charge in [0.1, 0.15) is 6.67 Å². The van der Waals surface area contributed by atoms with E-state index in [9.17, 15) is 4.39 Å². The number of nitrogens with zero attached hydrogens (tertiary/aromatic N) is 2. The Hall–Kier alpha value is -0.860. The highest BCUT2D eigenvalue weighted by molar-refractivity contribution is 5.15. The van der Waals surface area contributed by atoms with E-state index in [2.05, 4.69) is 25.9 Å². The van der Waals surface area contributed by atoms with Crippen molar-refractivity contribution in [1.29, 1.82) is 0 Å². The zero-order valence-electron chi connectivity index (χ0n) is 9.42. The molecular formula is C11H19FN2. The first kappa shape index (κ1) is 11.2. The molecule has 2 nitrogen and oxygen atoms in total. The lowest BCUT2D eigenvalue weighted by Crippen LogP contribution is -2.12. The van der Waals surface area contributed by atoms with Gasteiger partial charge in [0, 0.05) is 6.20 Å². The molecule has 1 rings (SSSR count). The number of hydrogen-bond acceptors (Lipinski definition) is 1. The fraction of sp³-hybridized carbons (Fsp3) is 0.727. The number of halogens is 1. The number of hydrogen-bond donors (Lipinski definition) is 0. The van der Waals surface area contributed by atoms with E-state index in [1.807, 2.05) is 19.3 Å². The standard InChI is InChI=1S/C11H19FN2/c1-5-10(6-12)14-8-9(7-13-14)11(2,3)4/h7-8,10H,5-6H2,1-4H3. The minimum atomic E-state index is -0.345. The largest absolute Gasteiger partial charge is 0.267 e. The van der Waals surface area contributed by atoms with Crippen LogP contribution < -0.4 is 0 Å². The summed E-state index contributed by atoms with van der Waals surface area (Å²) in [6.07, 6.45) is 4.56. The van der Waals surface area contributed by atoms with Gasteiger partial charge in [0.15, 0.2) is 0 Å². The van der Waals surface area contributed by atoms with Crippen molar-refractivity contribution in [2.75, 3.05) is 6.67 Å². The van der Waals surface area contributed by atoms with E-state index in [-0.39, 0.29) is 18.1 Å². The molecule has 1 heterocycles. The van der Waals surface area contributed by atoms with Crippen LogP contribution in [0.3, 0.4) is 0 Å². The van der Waals surface area contributed by atoms with Gasteiger partial charge in [0.25, 0.3) is 0 Å². The van der Waals surface area contributed by atoms with Crippen molar-refractivity contribution in [3.8, 4) is 0 Å². The minimum Gasteiger partial charge on any atom is -0.267 e. The van der Waals surface area contributed by atoms with Crippen LogP contribution in [-0.2, 0) is 5.41 Å². The third-order valence-corrected chi connectivity index (χ3v) is 2.49. The van der Waals surface area contributed by atoms with E-state index >= 15 is 0 Å². The van der Waals surface area contributed by atoms with E-state index in [1.165, 1.54) is 0 Å². The summed E-state index contributed by atoms with van der Waals surface area (Å²) in [5, 5.41) is 4.20. The molecule has 0 fully saturated rings. The molecule has 0 aliphatic carbocycles. The van der Waals surface area contributed by atoms with Crippen LogP contribution in [0.4, 0.5) is 4.39 Å². The van der Waals surface area contributed by atoms with Crippen LogP contribution in [0, 0.1) is 0 Å². The smallest absolute Gasteiger partial charge is 0.112 e. The Bertz CT molecular complexity index is 282. The molecule has 0 radical (unpaired) electrons. The van der Waals surface area contributed by atoms with Crippen LogP contribution in [0.2, 0.25) is 0 Å². The van der Waals surface area contributed by atoms with Crippen LogP contribution in [0.25, 0.3) is 0 Å². The fourth-order valence-electron chi connectivity index (χ4n) is 1.29. The summed E-state index contributed by atoms with van der Waals surface area (Å²) in [6, 6.07) is -0.105. The highest BCUT2D eigenvalue weighted by Crippen LogP contribution is 2.23. The molecule has 0 N–H and O–H groups in total. The molecule has 0 bridgehead atoms. The maximum Gasteiger partial charge on any atom is 0.112 e. The van der Waals surface area contributed by atoms with Gasteiger partial charge in [-0.2, -0.15) is 5.10 Å². The predicted molar refractivity (Wildman–Crippen MR) is 56.2 cm³/mol. The van der Waals surface area contributed by atoms with E-state index in [0.29, 0.717) is 0 Å². The summed E-state index contributed by atoms with van der Waals surface area (Å²) in [7, 11) is 0. The molecular weight excluding hydrogens is 179 g/mol. The molecule has 1 aromatic heterocycles. The maximum atomic E-state index is 12.6. The molecule has 3 heteroatoms. The average molecular weight is 198 g/mol. The number of rotatable bonds is 3. The van der Waals surface area contributed by atoms with Crippen molar-refractivity contribution in [3.63, 3.8) is 0 Å². The Kier molecular flexibility index (Phi) is 3.29. The van der Waals surface area contributed by atoms with Crippen LogP contribution >= 0.6 is 0 Å². The molecule has 1 atom stereocenters. The molecule has 1 aromatic rings. The first-order chi connectivity index (χ1) is 6.49. The highest BCUT2D eigenvalue weighted by Gasteiger charge is 2.17. The Labute approximate surface area is 85.1 Å². The van der Waals surface area contributed by atoms with Gasteiger partial charge < -0.3 is 0 Å². The second-order valence-corrected chi connectivity index (χ2v) is 4.68. The molecule has 14 heavy (non-hydrogen) atoms. The summed E-state index contributed by atoms with van der Waals surface area (Å²) in [6.45, 7) is 8.02. The maximum absolute atomic E-state index is 12.6. The highest BCUT2D eigenvalue weighted by atomic mass is 19.1. The van der Waals surface area contributed by atoms with Crippen molar-refractivity contribution in [3.05, 3.63) is 18.0 Å². The molecule has 0 saturated heterocycles. The summed E-state index contributed by atoms with van der Waals surface area (Å²) in [5.41, 5.74) is 1.25. The zero-order valence-corrected chi connectivity index (χ0v) is 9.42. The first-order valence-electron chi connectivity index (χ1n) is 5.09. The van der Waals surface area contributed by atoms with E-state index in [4.69, 9.17) is 0 Å². The second-order valence-electron chi connectivity index (χ2n) is 4.68. The lowest BCUT2D eigenvalue weighted by atomic mass is 9.90. The normalized spacial score (nSPS) is 14.4. The van der Waals surface area contributed by atoms with E-state index < -0.39 is 0 Å². The predicted octanol–water partition coefficient (Wildman–Crippen LogP) is 3.10. The van der Waals surface area contributed by atoms with Crippen LogP contribution in [0.15, 0.2) is 12.4 Å². The third-order valence-electron chi connectivity index (χ3n) is 2.49. The average Bonchev–Trinajstić information content (AvgIpc) is 2.54. The van der Waals surface area contributed by atoms with Crippen LogP contribution in [-0.4, -0.2) is 16.5 Å². The van der Waals surface area contributed by atoms with Crippen molar-refractivity contribution < 1.29 is 4.39 Å². The third kappa shape index (κ3) is 2.34. The zero-order chi connectivity index (χ0) is 10.8. The van der Waals surface area contributed by atoms with Crippen molar-refractivity contribution in [2.24, 2.45) is 0 Å². The molecule has 0 spiro atoms. The van der Waals surface area contributed by atoms with Gasteiger partial charge in [-0.25, -0.2) is 4.39 Å². The summed E-state index contributed by atoms with van der Waals surface area (Å²) < 4.78 is 14.3. The number of aromatic nitrogens is 2. The van der Waals surface area contributed by atoms with Gasteiger partial charge in [-0.15, -0.1) is 0 Å². The molecule has 0 saturated carbocycles. The Morgan fingerprint density at radius 3 is 2.50 bits per heavy atom. The molecule has 1 unspecified atom stereocenters. The van der Waals surface area contributed by atoms with Gasteiger partial charge in [0.05, 0.1) is 12.2 Å². The fourth-order valence-corrected chi connectivity index (χ4v) is 1.29. The molecule has 0 amide bonds. The van der Waals surface area contributed by atoms with Crippen molar-refractivity contribution in [1.82, 2.24) is 9.78 Å². The van der Waals surface area contributed by atoms with Gasteiger partial charge in [-0.05, 0) is 17.4 Å². The quantitative estimate of drug-likeness (QED) is 0.729. The van der Waals surface area contributed by atoms with E-state index in [0.717, 1.165) is 12.0 Å². The van der Waals surface area contributed by atoms with Gasteiger partial charge in [-0.1, -0.05) is 27.7 Å². The van der Waals surface area contributed by atoms with Crippen molar-refractivity contribution >= 4 is 0 Å². The van der Waals surface area contributed by atoms with E-state index in [1.54, 1.807) is 4.68 Å². The van der Waals surface area contributed by atoms with Crippen molar-refractivity contribution in [2.45, 2.75) is 45.6 Å². The molecule has 0 aliphatic heterocycles. The lowest BCUT2D eigenvalue weighted by molar-refractivity contribution is 0.327. The summed E-state index contributed by atoms with van der Waals surface area (Å²) in [4.78, 5) is 0. The molecule has 0 aliphatic rings. The number of alkyl halides is 1. The monoisotopic (exact) mass is 198 g/mol. The van der Waals surface area contributed by atoms with Crippen LogP contribution in [0.1, 0.15) is 45.7 Å². The summed E-state index contributed by atoms with van der Waals surface area (Å²) in [5.74, 6) is 0. The Morgan fingerprint density at radius 1 is 1.50 bits per heavy atom. The Balaban J connectivity index is 2.87. The van der Waals surface area contributed by atoms with Gasteiger partial charge in [-0.3, -0.25) is 4.68 Å².